The number of hydrogen-bond donors (Lipinski definition) is 3. The molecule has 0 heterocycles. The van der Waals surface area contributed by atoms with Crippen molar-refractivity contribution in [1.82, 2.24) is 4.90 Å². The van der Waals surface area contributed by atoms with Gasteiger partial charge >= 0.3 is 0 Å². The van der Waals surface area contributed by atoms with Gasteiger partial charge in [0.05, 0.1) is 18.9 Å². The highest BCUT2D eigenvalue weighted by molar-refractivity contribution is 5.75. The number of amides is 1. The molecule has 0 fully saturated rings. The normalized spacial score (nSPS) is 13.3. The Kier molecular flexibility index (Phi) is 7.00. The summed E-state index contributed by atoms with van der Waals surface area (Å²) in [6, 6.07) is 12.9. The summed E-state index contributed by atoms with van der Waals surface area (Å²) in [5.41, 5.74) is 2.11. The third-order valence-corrected chi connectivity index (χ3v) is 4.52. The molecule has 0 aliphatic rings. The largest absolute Gasteiger partial charge is 0.506 e. The number of carbonyl (C=O) groups excluding carboxylic acids is 1. The zero-order valence-electron chi connectivity index (χ0n) is 15.3. The molecule has 0 aromatic heterocycles. The summed E-state index contributed by atoms with van der Waals surface area (Å²) in [4.78, 5) is 12.7. The number of hydrogen-bond acceptors (Lipinski definition) is 5. The first-order chi connectivity index (χ1) is 12.4. The molecule has 6 nitrogen and oxygen atoms in total. The van der Waals surface area contributed by atoms with Gasteiger partial charge in [-0.25, -0.2) is 0 Å². The Balaban J connectivity index is 1.97. The minimum Gasteiger partial charge on any atom is -0.506 e. The summed E-state index contributed by atoms with van der Waals surface area (Å²) in [5.74, 6) is 0.798. The Morgan fingerprint density at radius 2 is 1.92 bits per heavy atom. The number of carbonyl (C=O) groups is 1. The van der Waals surface area contributed by atoms with Crippen LogP contribution in [0.3, 0.4) is 0 Å². The van der Waals surface area contributed by atoms with Crippen LogP contribution in [0.4, 0.5) is 5.69 Å². The fraction of sp³-hybridized carbons (Fsp3) is 0.350. The average molecular weight is 358 g/mol. The van der Waals surface area contributed by atoms with Crippen LogP contribution < -0.4 is 10.1 Å². The van der Waals surface area contributed by atoms with E-state index in [1.807, 2.05) is 31.3 Å². The molecule has 0 saturated carbocycles. The van der Waals surface area contributed by atoms with Crippen LogP contribution in [0.1, 0.15) is 24.2 Å². The van der Waals surface area contributed by atoms with Crippen molar-refractivity contribution in [2.75, 3.05) is 26.0 Å². The maximum absolute atomic E-state index is 10.6. The van der Waals surface area contributed by atoms with Crippen molar-refractivity contribution in [3.63, 3.8) is 0 Å². The molecule has 6 heteroatoms. The second kappa shape index (κ2) is 9.22. The van der Waals surface area contributed by atoms with Crippen LogP contribution in [0.15, 0.2) is 42.5 Å². The van der Waals surface area contributed by atoms with Gasteiger partial charge in [-0.15, -0.1) is 0 Å². The van der Waals surface area contributed by atoms with Crippen molar-refractivity contribution >= 4 is 12.1 Å². The van der Waals surface area contributed by atoms with E-state index in [4.69, 9.17) is 4.74 Å². The summed E-state index contributed by atoms with van der Waals surface area (Å²) in [6.45, 7) is 2.54. The molecule has 0 aliphatic heterocycles. The van der Waals surface area contributed by atoms with Crippen molar-refractivity contribution in [1.29, 1.82) is 0 Å². The molecule has 2 unspecified atom stereocenters. The maximum atomic E-state index is 10.6. The maximum Gasteiger partial charge on any atom is 0.211 e. The molecule has 1 amide bonds. The molecule has 2 aromatic carbocycles. The van der Waals surface area contributed by atoms with Crippen molar-refractivity contribution in [3.8, 4) is 11.5 Å². The van der Waals surface area contributed by atoms with Crippen molar-refractivity contribution in [2.24, 2.45) is 0 Å². The lowest BCUT2D eigenvalue weighted by atomic mass is 10.0. The van der Waals surface area contributed by atoms with Gasteiger partial charge in [-0.1, -0.05) is 18.2 Å². The zero-order valence-corrected chi connectivity index (χ0v) is 15.3. The molecular weight excluding hydrogens is 332 g/mol. The predicted octanol–water partition coefficient (Wildman–Crippen LogP) is 2.57. The van der Waals surface area contributed by atoms with Crippen molar-refractivity contribution in [2.45, 2.75) is 25.5 Å². The number of phenols is 1. The smallest absolute Gasteiger partial charge is 0.211 e. The van der Waals surface area contributed by atoms with Crippen molar-refractivity contribution in [3.05, 3.63) is 53.6 Å². The first kappa shape index (κ1) is 19.8. The van der Waals surface area contributed by atoms with Crippen LogP contribution in [0.25, 0.3) is 0 Å². The van der Waals surface area contributed by atoms with Gasteiger partial charge in [0.1, 0.15) is 11.5 Å². The highest BCUT2D eigenvalue weighted by Gasteiger charge is 2.17. The molecular formula is C20H26N2O4. The zero-order chi connectivity index (χ0) is 19.1. The number of nitrogens with one attached hydrogen (secondary N) is 1. The van der Waals surface area contributed by atoms with Crippen LogP contribution in [-0.4, -0.2) is 48.3 Å². The monoisotopic (exact) mass is 358 g/mol. The molecule has 0 radical (unpaired) electrons. The lowest BCUT2D eigenvalue weighted by Crippen LogP contribution is -2.34. The van der Waals surface area contributed by atoms with E-state index in [1.54, 1.807) is 19.2 Å². The van der Waals surface area contributed by atoms with E-state index in [0.717, 1.165) is 12.2 Å². The standard InChI is InChI=1S/C20H26N2O4/c1-14(10-15-4-7-17(26-3)8-5-15)22(2)12-20(25)16-6-9-19(24)18(11-16)21-13-23/h4-9,11,13-14,20,24-25H,10,12H2,1-3H3,(H,21,23). The lowest BCUT2D eigenvalue weighted by molar-refractivity contribution is -0.105. The molecule has 2 atom stereocenters. The van der Waals surface area contributed by atoms with E-state index in [-0.39, 0.29) is 17.5 Å². The van der Waals surface area contributed by atoms with E-state index < -0.39 is 6.10 Å². The fourth-order valence-corrected chi connectivity index (χ4v) is 2.76. The van der Waals surface area contributed by atoms with Crippen molar-refractivity contribution < 1.29 is 19.7 Å². The quantitative estimate of drug-likeness (QED) is 0.474. The van der Waals surface area contributed by atoms with Gasteiger partial charge in [-0.3, -0.25) is 4.79 Å². The van der Waals surface area contributed by atoms with Gasteiger partial charge in [0.25, 0.3) is 0 Å². The molecule has 26 heavy (non-hydrogen) atoms. The molecule has 0 bridgehead atoms. The molecule has 3 N–H and O–H groups in total. The predicted molar refractivity (Wildman–Crippen MR) is 102 cm³/mol. The Labute approximate surface area is 154 Å². The summed E-state index contributed by atoms with van der Waals surface area (Å²) in [6.07, 6.45) is 0.612. The van der Waals surface area contributed by atoms with Gasteiger partial charge in [0.15, 0.2) is 0 Å². The van der Waals surface area contributed by atoms with Gasteiger partial charge in [-0.05, 0) is 55.8 Å². The van der Waals surface area contributed by atoms with Gasteiger partial charge in [0.2, 0.25) is 6.41 Å². The van der Waals surface area contributed by atoms with E-state index in [2.05, 4.69) is 17.1 Å². The number of rotatable bonds is 9. The van der Waals surface area contributed by atoms with Crippen LogP contribution >= 0.6 is 0 Å². The number of nitrogens with zero attached hydrogens (tertiary/aromatic N) is 1. The summed E-state index contributed by atoms with van der Waals surface area (Å²) in [5, 5.41) is 22.6. The number of aliphatic hydroxyl groups is 1. The summed E-state index contributed by atoms with van der Waals surface area (Å²) < 4.78 is 5.17. The molecule has 140 valence electrons. The molecule has 2 aromatic rings. The van der Waals surface area contributed by atoms with Crippen LogP contribution in [0.2, 0.25) is 0 Å². The summed E-state index contributed by atoms with van der Waals surface area (Å²) in [7, 11) is 3.61. The number of methoxy groups -OCH3 is 1. The van der Waals surface area contributed by atoms with Crippen LogP contribution in [-0.2, 0) is 11.2 Å². The van der Waals surface area contributed by atoms with E-state index in [0.29, 0.717) is 18.5 Å². The van der Waals surface area contributed by atoms with E-state index in [1.165, 1.54) is 11.6 Å². The van der Waals surface area contributed by atoms with Gasteiger partial charge in [-0.2, -0.15) is 0 Å². The second-order valence-electron chi connectivity index (χ2n) is 6.40. The average Bonchev–Trinajstić information content (AvgIpc) is 2.64. The molecule has 0 saturated heterocycles. The molecule has 2 rings (SSSR count). The van der Waals surface area contributed by atoms with E-state index >= 15 is 0 Å². The lowest BCUT2D eigenvalue weighted by Gasteiger charge is -2.27. The number of aromatic hydroxyl groups is 1. The first-order valence-electron chi connectivity index (χ1n) is 8.49. The Bertz CT molecular complexity index is 718. The Morgan fingerprint density at radius 1 is 1.23 bits per heavy atom. The summed E-state index contributed by atoms with van der Waals surface area (Å²) >= 11 is 0. The minimum atomic E-state index is -0.730. The highest BCUT2D eigenvalue weighted by atomic mass is 16.5. The third-order valence-electron chi connectivity index (χ3n) is 4.52. The number of anilines is 1. The van der Waals surface area contributed by atoms with Crippen LogP contribution in [0, 0.1) is 0 Å². The molecule has 0 aliphatic carbocycles. The van der Waals surface area contributed by atoms with E-state index in [9.17, 15) is 15.0 Å². The second-order valence-corrected chi connectivity index (χ2v) is 6.40. The minimum absolute atomic E-state index is 0.0331. The Morgan fingerprint density at radius 3 is 2.54 bits per heavy atom. The third kappa shape index (κ3) is 5.21. The topological polar surface area (TPSA) is 82.0 Å². The number of benzene rings is 2. The SMILES string of the molecule is COc1ccc(CC(C)N(C)CC(O)c2ccc(O)c(NC=O)c2)cc1. The number of aliphatic hydroxyl groups excluding tert-OH is 1. The first-order valence-corrected chi connectivity index (χ1v) is 8.49. The highest BCUT2D eigenvalue weighted by Crippen LogP contribution is 2.27. The van der Waals surface area contributed by atoms with Gasteiger partial charge in [0, 0.05) is 12.6 Å². The van der Waals surface area contributed by atoms with Crippen LogP contribution in [0.5, 0.6) is 11.5 Å². The number of ether oxygens (including phenoxy) is 1. The number of phenolic OH excluding ortho intramolecular Hbond substituents is 1. The fourth-order valence-electron chi connectivity index (χ4n) is 2.76. The molecule has 0 spiro atoms. The number of likely N-dealkylation sites (N-methyl/N-ethyl adjacent to an activating group) is 1. The Hall–Kier alpha value is -2.57. The van der Waals surface area contributed by atoms with Gasteiger partial charge < -0.3 is 25.2 Å².